The lowest BCUT2D eigenvalue weighted by molar-refractivity contribution is -0.129. The number of fused-ring (bicyclic) bond motifs is 1. The maximum atomic E-state index is 11.1. The van der Waals surface area contributed by atoms with Crippen molar-refractivity contribution in [2.45, 2.75) is 20.0 Å². The van der Waals surface area contributed by atoms with Gasteiger partial charge in [-0.1, -0.05) is 0 Å². The van der Waals surface area contributed by atoms with Gasteiger partial charge in [0.1, 0.15) is 0 Å². The van der Waals surface area contributed by atoms with E-state index in [2.05, 4.69) is 20.9 Å². The number of carbonyl (C=O) groups excluding carboxylic acids is 1. The third-order valence-electron chi connectivity index (χ3n) is 2.17. The van der Waals surface area contributed by atoms with Crippen LogP contribution in [0.1, 0.15) is 18.2 Å². The summed E-state index contributed by atoms with van der Waals surface area (Å²) in [6.45, 7) is 2.93. The van der Waals surface area contributed by atoms with Gasteiger partial charge in [0.15, 0.2) is 0 Å². The van der Waals surface area contributed by atoms with E-state index in [1.54, 1.807) is 18.0 Å². The third-order valence-corrected chi connectivity index (χ3v) is 2.61. The largest absolute Gasteiger partial charge is 0.333 e. The van der Waals surface area contributed by atoms with Crippen molar-refractivity contribution >= 4 is 21.8 Å². The first-order valence-electron chi connectivity index (χ1n) is 4.05. The average Bonchev–Trinajstić information content (AvgIpc) is 2.46. The summed E-state index contributed by atoms with van der Waals surface area (Å²) in [5.41, 5.74) is 2.16. The van der Waals surface area contributed by atoms with Gasteiger partial charge < -0.3 is 4.90 Å². The lowest BCUT2D eigenvalue weighted by atomic mass is 10.2. The zero-order valence-electron chi connectivity index (χ0n) is 7.25. The van der Waals surface area contributed by atoms with Crippen molar-refractivity contribution in [2.75, 3.05) is 0 Å². The second-order valence-corrected chi connectivity index (χ2v) is 4.05. The van der Waals surface area contributed by atoms with E-state index in [1.165, 1.54) is 0 Å². The molecule has 3 nitrogen and oxygen atoms in total. The van der Waals surface area contributed by atoms with Gasteiger partial charge in [-0.2, -0.15) is 0 Å². The van der Waals surface area contributed by atoms with Crippen molar-refractivity contribution in [2.24, 2.45) is 0 Å². The molecule has 2 rings (SSSR count). The zero-order chi connectivity index (χ0) is 9.42. The van der Waals surface area contributed by atoms with Crippen molar-refractivity contribution in [1.29, 1.82) is 0 Å². The molecular formula is C9H9BrN2O. The van der Waals surface area contributed by atoms with Gasteiger partial charge in [-0.25, -0.2) is 0 Å². The maximum Gasteiger partial charge on any atom is 0.220 e. The van der Waals surface area contributed by atoms with E-state index in [9.17, 15) is 4.79 Å². The molecule has 2 heterocycles. The van der Waals surface area contributed by atoms with Crippen LogP contribution in [0.25, 0.3) is 0 Å². The van der Waals surface area contributed by atoms with Gasteiger partial charge in [0.25, 0.3) is 0 Å². The van der Waals surface area contributed by atoms with Crippen LogP contribution in [0.3, 0.4) is 0 Å². The predicted molar refractivity (Wildman–Crippen MR) is 51.9 cm³/mol. The number of amides is 1. The van der Waals surface area contributed by atoms with Crippen LogP contribution in [-0.2, 0) is 17.9 Å². The summed E-state index contributed by atoms with van der Waals surface area (Å²) < 4.78 is 0.969. The zero-order valence-corrected chi connectivity index (χ0v) is 8.84. The molecule has 1 aliphatic rings. The Bertz CT molecular complexity index is 365. The fourth-order valence-corrected chi connectivity index (χ4v) is 1.83. The molecule has 0 atom stereocenters. The average molecular weight is 241 g/mol. The van der Waals surface area contributed by atoms with E-state index in [4.69, 9.17) is 0 Å². The van der Waals surface area contributed by atoms with Gasteiger partial charge in [-0.05, 0) is 27.6 Å². The number of hydrogen-bond acceptors (Lipinski definition) is 2. The summed E-state index contributed by atoms with van der Waals surface area (Å²) in [5.74, 6) is 0.106. The molecule has 1 aromatic heterocycles. The summed E-state index contributed by atoms with van der Waals surface area (Å²) in [4.78, 5) is 17.1. The lowest BCUT2D eigenvalue weighted by Gasteiger charge is -2.10. The molecule has 1 amide bonds. The molecule has 0 saturated heterocycles. The van der Waals surface area contributed by atoms with Crippen molar-refractivity contribution in [3.05, 3.63) is 28.0 Å². The first-order chi connectivity index (χ1) is 6.16. The number of pyridine rings is 1. The monoisotopic (exact) mass is 240 g/mol. The smallest absolute Gasteiger partial charge is 0.220 e. The fourth-order valence-electron chi connectivity index (χ4n) is 1.45. The highest BCUT2D eigenvalue weighted by Crippen LogP contribution is 2.23. The predicted octanol–water partition coefficient (Wildman–Crippen LogP) is 1.71. The van der Waals surface area contributed by atoms with Crippen LogP contribution in [0, 0.1) is 0 Å². The van der Waals surface area contributed by atoms with E-state index < -0.39 is 0 Å². The molecule has 0 aromatic carbocycles. The van der Waals surface area contributed by atoms with Gasteiger partial charge in [0.05, 0.1) is 12.2 Å². The maximum absolute atomic E-state index is 11.1. The second kappa shape index (κ2) is 3.10. The summed E-state index contributed by atoms with van der Waals surface area (Å²) in [5, 5.41) is 0. The van der Waals surface area contributed by atoms with Gasteiger partial charge in [0, 0.05) is 24.1 Å². The molecule has 0 fully saturated rings. The highest BCUT2D eigenvalue weighted by molar-refractivity contribution is 9.10. The summed E-state index contributed by atoms with van der Waals surface area (Å²) in [6.07, 6.45) is 1.77. The van der Waals surface area contributed by atoms with E-state index in [0.717, 1.165) is 15.7 Å². The molecule has 0 saturated carbocycles. The highest BCUT2D eigenvalue weighted by Gasteiger charge is 2.21. The lowest BCUT2D eigenvalue weighted by Crippen LogP contribution is -2.21. The first-order valence-corrected chi connectivity index (χ1v) is 4.85. The number of rotatable bonds is 0. The minimum Gasteiger partial charge on any atom is -0.333 e. The Morgan fingerprint density at radius 3 is 3.08 bits per heavy atom. The molecule has 0 unspecified atom stereocenters. The topological polar surface area (TPSA) is 33.2 Å². The van der Waals surface area contributed by atoms with E-state index >= 15 is 0 Å². The highest BCUT2D eigenvalue weighted by atomic mass is 79.9. The molecule has 1 aliphatic heterocycles. The van der Waals surface area contributed by atoms with E-state index in [0.29, 0.717) is 13.1 Å². The van der Waals surface area contributed by atoms with Crippen LogP contribution in [0.15, 0.2) is 16.7 Å². The van der Waals surface area contributed by atoms with Crippen molar-refractivity contribution in [3.63, 3.8) is 0 Å². The molecule has 0 spiro atoms. The van der Waals surface area contributed by atoms with E-state index in [1.807, 2.05) is 6.07 Å². The quantitative estimate of drug-likeness (QED) is 0.692. The standard InChI is InChI=1S/C9H9BrN2O/c1-6(13)12-4-7-2-8(10)3-11-9(7)5-12/h2-3H,4-5H2,1H3. The minimum atomic E-state index is 0.106. The number of halogens is 1. The Morgan fingerprint density at radius 1 is 1.62 bits per heavy atom. The second-order valence-electron chi connectivity index (χ2n) is 3.13. The molecule has 1 aromatic rings. The number of aromatic nitrogens is 1. The number of hydrogen-bond donors (Lipinski definition) is 0. The molecule has 0 bridgehead atoms. The number of carbonyl (C=O) groups is 1. The summed E-state index contributed by atoms with van der Waals surface area (Å²) in [6, 6.07) is 2.02. The molecule has 4 heteroatoms. The Balaban J connectivity index is 2.30. The van der Waals surface area contributed by atoms with Gasteiger partial charge in [-0.15, -0.1) is 0 Å². The van der Waals surface area contributed by atoms with Crippen LogP contribution < -0.4 is 0 Å². The van der Waals surface area contributed by atoms with Crippen LogP contribution in [-0.4, -0.2) is 15.8 Å². The molecule has 0 radical (unpaired) electrons. The number of nitrogens with zero attached hydrogens (tertiary/aromatic N) is 2. The van der Waals surface area contributed by atoms with Crippen molar-refractivity contribution in [3.8, 4) is 0 Å². The first kappa shape index (κ1) is 8.69. The van der Waals surface area contributed by atoms with E-state index in [-0.39, 0.29) is 5.91 Å². The van der Waals surface area contributed by atoms with Gasteiger partial charge >= 0.3 is 0 Å². The minimum absolute atomic E-state index is 0.106. The fraction of sp³-hybridized carbons (Fsp3) is 0.333. The van der Waals surface area contributed by atoms with Gasteiger partial charge in [0.2, 0.25) is 5.91 Å². The van der Waals surface area contributed by atoms with Crippen molar-refractivity contribution in [1.82, 2.24) is 9.88 Å². The van der Waals surface area contributed by atoms with Gasteiger partial charge in [-0.3, -0.25) is 9.78 Å². The third kappa shape index (κ3) is 1.58. The normalized spacial score (nSPS) is 14.5. The summed E-state index contributed by atoms with van der Waals surface area (Å²) in [7, 11) is 0. The SMILES string of the molecule is CC(=O)N1Cc2cc(Br)cnc2C1. The summed E-state index contributed by atoms with van der Waals surface area (Å²) >= 11 is 3.36. The molecule has 0 aliphatic carbocycles. The molecular weight excluding hydrogens is 232 g/mol. The molecule has 13 heavy (non-hydrogen) atoms. The van der Waals surface area contributed by atoms with Crippen LogP contribution in [0.5, 0.6) is 0 Å². The Morgan fingerprint density at radius 2 is 2.38 bits per heavy atom. The Hall–Kier alpha value is -0.900. The van der Waals surface area contributed by atoms with Crippen LogP contribution >= 0.6 is 15.9 Å². The molecule has 0 N–H and O–H groups in total. The van der Waals surface area contributed by atoms with Crippen LogP contribution in [0.2, 0.25) is 0 Å². The Labute approximate surface area is 84.9 Å². The Kier molecular flexibility index (Phi) is 2.07. The van der Waals surface area contributed by atoms with Crippen molar-refractivity contribution < 1.29 is 4.79 Å². The van der Waals surface area contributed by atoms with Crippen LogP contribution in [0.4, 0.5) is 0 Å². The molecule has 68 valence electrons.